The smallest absolute Gasteiger partial charge is 0.336 e. The second-order valence-electron chi connectivity index (χ2n) is 8.98. The monoisotopic (exact) mass is 457 g/mol. The van der Waals surface area contributed by atoms with Crippen LogP contribution in [0.15, 0.2) is 59.6 Å². The predicted molar refractivity (Wildman–Crippen MR) is 135 cm³/mol. The number of guanidine groups is 1. The minimum absolute atomic E-state index is 0.361. The number of hydrogen-bond acceptors (Lipinski definition) is 4. The number of fused-ring (bicyclic) bond motifs is 1. The molecule has 0 aliphatic carbocycles. The maximum absolute atomic E-state index is 12.5. The van der Waals surface area contributed by atoms with Gasteiger partial charge in [0.2, 0.25) is 0 Å². The Balaban J connectivity index is 1.45. The van der Waals surface area contributed by atoms with E-state index in [0.29, 0.717) is 23.0 Å². The van der Waals surface area contributed by atoms with E-state index in [-0.39, 0.29) is 0 Å². The molecule has 34 heavy (non-hydrogen) atoms. The van der Waals surface area contributed by atoms with Crippen molar-refractivity contribution in [3.8, 4) is 11.3 Å². The highest BCUT2D eigenvalue weighted by atomic mass is 16.4. The molecule has 2 fully saturated rings. The summed E-state index contributed by atoms with van der Waals surface area (Å²) in [6.07, 6.45) is 2.46. The molecule has 7 nitrogen and oxygen atoms in total. The molecule has 1 aromatic heterocycles. The third-order valence-corrected chi connectivity index (χ3v) is 6.88. The third kappa shape index (κ3) is 4.35. The highest BCUT2D eigenvalue weighted by Gasteiger charge is 2.27. The number of aromatic nitrogens is 1. The Bertz CT molecular complexity index is 1200. The van der Waals surface area contributed by atoms with Crippen molar-refractivity contribution >= 4 is 22.8 Å². The summed E-state index contributed by atoms with van der Waals surface area (Å²) in [4.78, 5) is 29.1. The van der Waals surface area contributed by atoms with Crippen molar-refractivity contribution in [2.24, 2.45) is 4.99 Å². The molecule has 0 bridgehead atoms. The molecule has 0 saturated carbocycles. The minimum atomic E-state index is -0.904. The van der Waals surface area contributed by atoms with Crippen LogP contribution in [0.3, 0.4) is 0 Å². The van der Waals surface area contributed by atoms with Crippen molar-refractivity contribution in [1.29, 1.82) is 0 Å². The van der Waals surface area contributed by atoms with Crippen LogP contribution < -0.4 is 0 Å². The zero-order valence-corrected chi connectivity index (χ0v) is 19.7. The lowest BCUT2D eigenvalue weighted by Gasteiger charge is -2.39. The number of piperazine rings is 1. The summed E-state index contributed by atoms with van der Waals surface area (Å²) in [5.41, 5.74) is 3.56. The second-order valence-corrected chi connectivity index (χ2v) is 8.98. The Kier molecular flexibility index (Phi) is 6.45. The number of carboxylic acids is 1. The number of pyridine rings is 1. The fourth-order valence-electron chi connectivity index (χ4n) is 5.21. The molecule has 0 amide bonds. The number of benzene rings is 2. The summed E-state index contributed by atoms with van der Waals surface area (Å²) < 4.78 is 0. The molecule has 0 radical (unpaired) electrons. The van der Waals surface area contributed by atoms with Gasteiger partial charge in [-0.05, 0) is 18.9 Å². The molecule has 2 aliphatic heterocycles. The first kappa shape index (κ1) is 22.3. The Morgan fingerprint density at radius 3 is 2.24 bits per heavy atom. The molecule has 0 atom stereocenters. The SMILES string of the molecule is C/N=C(\N1CCCC1)N1CCN(Cc2c(-c3ccccc3)nc3ccccc3c2C(=O)O)CC1. The lowest BCUT2D eigenvalue weighted by Crippen LogP contribution is -2.52. The molecule has 0 unspecified atom stereocenters. The number of carbonyl (C=O) groups is 1. The molecule has 176 valence electrons. The molecule has 3 aromatic rings. The topological polar surface area (TPSA) is 72.3 Å². The molecular weight excluding hydrogens is 426 g/mol. The van der Waals surface area contributed by atoms with Crippen LogP contribution in [0.25, 0.3) is 22.2 Å². The van der Waals surface area contributed by atoms with Gasteiger partial charge in [-0.25, -0.2) is 9.78 Å². The maximum Gasteiger partial charge on any atom is 0.336 e. The summed E-state index contributed by atoms with van der Waals surface area (Å²) in [6, 6.07) is 17.5. The zero-order chi connectivity index (χ0) is 23.5. The van der Waals surface area contributed by atoms with Gasteiger partial charge in [-0.3, -0.25) is 9.89 Å². The van der Waals surface area contributed by atoms with Gasteiger partial charge >= 0.3 is 5.97 Å². The number of nitrogens with zero attached hydrogens (tertiary/aromatic N) is 5. The van der Waals surface area contributed by atoms with Crippen molar-refractivity contribution in [1.82, 2.24) is 19.7 Å². The van der Waals surface area contributed by atoms with Gasteiger partial charge in [-0.2, -0.15) is 0 Å². The number of para-hydroxylation sites is 1. The van der Waals surface area contributed by atoms with E-state index >= 15 is 0 Å². The Hall–Kier alpha value is -3.45. The van der Waals surface area contributed by atoms with Crippen LogP contribution >= 0.6 is 0 Å². The van der Waals surface area contributed by atoms with E-state index in [4.69, 9.17) is 4.98 Å². The number of aliphatic imine (C=N–C) groups is 1. The van der Waals surface area contributed by atoms with Crippen LogP contribution in [-0.2, 0) is 6.54 Å². The van der Waals surface area contributed by atoms with Crippen molar-refractivity contribution in [3.05, 3.63) is 65.7 Å². The van der Waals surface area contributed by atoms with E-state index in [1.54, 1.807) is 0 Å². The quantitative estimate of drug-likeness (QED) is 0.475. The van der Waals surface area contributed by atoms with Gasteiger partial charge in [0.15, 0.2) is 5.96 Å². The molecule has 2 aromatic carbocycles. The number of hydrogen-bond donors (Lipinski definition) is 1. The van der Waals surface area contributed by atoms with Gasteiger partial charge < -0.3 is 14.9 Å². The van der Waals surface area contributed by atoms with Gasteiger partial charge in [-0.1, -0.05) is 48.5 Å². The third-order valence-electron chi connectivity index (χ3n) is 6.88. The maximum atomic E-state index is 12.5. The molecule has 2 aliphatic rings. The van der Waals surface area contributed by atoms with Crippen LogP contribution in [-0.4, -0.2) is 83.0 Å². The molecular formula is C27H31N5O2. The van der Waals surface area contributed by atoms with E-state index in [1.165, 1.54) is 12.8 Å². The first-order chi connectivity index (χ1) is 16.7. The van der Waals surface area contributed by atoms with E-state index in [9.17, 15) is 9.90 Å². The highest BCUT2D eigenvalue weighted by molar-refractivity contribution is 6.05. The molecule has 0 spiro atoms. The Morgan fingerprint density at radius 1 is 0.912 bits per heavy atom. The van der Waals surface area contributed by atoms with Gasteiger partial charge in [0.25, 0.3) is 0 Å². The largest absolute Gasteiger partial charge is 0.478 e. The number of aromatic carboxylic acids is 1. The lowest BCUT2D eigenvalue weighted by molar-refractivity contribution is 0.0696. The number of carboxylic acid groups (broad SMARTS) is 1. The summed E-state index contributed by atoms with van der Waals surface area (Å²) >= 11 is 0. The van der Waals surface area contributed by atoms with Crippen LogP contribution in [0, 0.1) is 0 Å². The second kappa shape index (κ2) is 9.81. The van der Waals surface area contributed by atoms with Crippen LogP contribution in [0.4, 0.5) is 0 Å². The molecule has 3 heterocycles. The van der Waals surface area contributed by atoms with Crippen LogP contribution in [0.2, 0.25) is 0 Å². The molecule has 1 N–H and O–H groups in total. The van der Waals surface area contributed by atoms with E-state index in [2.05, 4.69) is 19.7 Å². The van der Waals surface area contributed by atoms with E-state index in [1.807, 2.05) is 61.6 Å². The normalized spacial score (nSPS) is 17.5. The first-order valence-electron chi connectivity index (χ1n) is 12.0. The average molecular weight is 458 g/mol. The van der Waals surface area contributed by atoms with Crippen molar-refractivity contribution < 1.29 is 9.90 Å². The van der Waals surface area contributed by atoms with Crippen LogP contribution in [0.5, 0.6) is 0 Å². The molecule has 7 heteroatoms. The fraction of sp³-hybridized carbons (Fsp3) is 0.370. The van der Waals surface area contributed by atoms with E-state index < -0.39 is 5.97 Å². The Labute approximate surface area is 200 Å². The van der Waals surface area contributed by atoms with Crippen molar-refractivity contribution in [3.63, 3.8) is 0 Å². The van der Waals surface area contributed by atoms with Crippen molar-refractivity contribution in [2.45, 2.75) is 19.4 Å². The summed E-state index contributed by atoms with van der Waals surface area (Å²) in [7, 11) is 1.88. The minimum Gasteiger partial charge on any atom is -0.478 e. The number of likely N-dealkylation sites (tertiary alicyclic amines) is 1. The van der Waals surface area contributed by atoms with Crippen LogP contribution in [0.1, 0.15) is 28.8 Å². The summed E-state index contributed by atoms with van der Waals surface area (Å²) in [5.74, 6) is 0.194. The summed E-state index contributed by atoms with van der Waals surface area (Å²) in [5, 5.41) is 10.9. The van der Waals surface area contributed by atoms with Gasteiger partial charge in [0.05, 0.1) is 16.8 Å². The molecule has 5 rings (SSSR count). The zero-order valence-electron chi connectivity index (χ0n) is 19.7. The van der Waals surface area contributed by atoms with Gasteiger partial charge in [0, 0.05) is 69.4 Å². The predicted octanol–water partition coefficient (Wildman–Crippen LogP) is 3.80. The number of rotatable bonds is 4. The average Bonchev–Trinajstić information content (AvgIpc) is 3.40. The lowest BCUT2D eigenvalue weighted by atomic mass is 9.96. The highest BCUT2D eigenvalue weighted by Crippen LogP contribution is 2.31. The fourth-order valence-corrected chi connectivity index (χ4v) is 5.21. The Morgan fingerprint density at radius 2 is 1.56 bits per heavy atom. The van der Waals surface area contributed by atoms with Gasteiger partial charge in [0.1, 0.15) is 0 Å². The van der Waals surface area contributed by atoms with Crippen molar-refractivity contribution in [2.75, 3.05) is 46.3 Å². The van der Waals surface area contributed by atoms with Gasteiger partial charge in [-0.15, -0.1) is 0 Å². The molecule has 2 saturated heterocycles. The standard InChI is InChI=1S/C27H31N5O2/c1-28-27(31-13-7-8-14-31)32-17-15-30(16-18-32)19-22-24(26(33)34)21-11-5-6-12-23(21)29-25(22)20-9-3-2-4-10-20/h2-6,9-12H,7-8,13-19H2,1H3,(H,33,34)/b28-27+. The first-order valence-corrected chi connectivity index (χ1v) is 12.0. The van der Waals surface area contributed by atoms with E-state index in [0.717, 1.165) is 62.0 Å². The summed E-state index contributed by atoms with van der Waals surface area (Å²) in [6.45, 7) is 6.19.